The van der Waals surface area contributed by atoms with Crippen molar-refractivity contribution >= 4 is 39.5 Å². The van der Waals surface area contributed by atoms with Crippen LogP contribution >= 0.6 is 27.5 Å². The van der Waals surface area contributed by atoms with E-state index < -0.39 is 17.7 Å². The number of fused-ring (bicyclic) bond motifs is 2. The van der Waals surface area contributed by atoms with Crippen molar-refractivity contribution in [2.45, 2.75) is 77.6 Å². The third-order valence-corrected chi connectivity index (χ3v) is 9.86. The van der Waals surface area contributed by atoms with Gasteiger partial charge in [0.2, 0.25) is 5.91 Å². The number of halogens is 2. The summed E-state index contributed by atoms with van der Waals surface area (Å²) in [5.74, 6) is 1.27. The minimum absolute atomic E-state index is 0.0217. The number of carbonyl (C=O) groups excluding carboxylic acids is 2. The van der Waals surface area contributed by atoms with Crippen LogP contribution in [0.4, 0.5) is 4.79 Å². The molecule has 1 aliphatic carbocycles. The summed E-state index contributed by atoms with van der Waals surface area (Å²) in [5.41, 5.74) is 3.83. The van der Waals surface area contributed by atoms with E-state index in [1.807, 2.05) is 57.3 Å². The minimum atomic E-state index is -0.680. The number of aryl methyl sites for hydroxylation is 3. The number of carbonyl (C=O) groups is 2. The molecule has 4 heterocycles. The fraction of sp³-hybridized carbons (Fsp3) is 0.529. The molecule has 0 radical (unpaired) electrons. The molecule has 6 rings (SSSR count). The molecule has 11 heteroatoms. The SMILES string of the molecule is Cc1nccn1C[C@H]1CCCN(C(=O)[C@H]2CN(C3c4ccc(Cl)cc4CCc4cc(Br)cnc43)CCN2C(=O)OC(C)(C)C)C1. The maximum absolute atomic E-state index is 14.5. The van der Waals surface area contributed by atoms with Gasteiger partial charge in [-0.05, 0) is 110 Å². The van der Waals surface area contributed by atoms with Gasteiger partial charge in [-0.15, -0.1) is 0 Å². The smallest absolute Gasteiger partial charge is 0.411 e. The maximum Gasteiger partial charge on any atom is 0.411 e. The second-order valence-corrected chi connectivity index (χ2v) is 14.9. The molecule has 0 N–H and O–H groups in total. The number of benzene rings is 1. The zero-order chi connectivity index (χ0) is 31.9. The number of hydrogen-bond acceptors (Lipinski definition) is 6. The minimum Gasteiger partial charge on any atom is -0.444 e. The van der Waals surface area contributed by atoms with Crippen LogP contribution in [0.15, 0.2) is 47.3 Å². The molecule has 3 aliphatic rings. The lowest BCUT2D eigenvalue weighted by atomic mass is 9.94. The molecule has 2 fully saturated rings. The third kappa shape index (κ3) is 7.08. The monoisotopic (exact) mass is 696 g/mol. The van der Waals surface area contributed by atoms with Crippen LogP contribution < -0.4 is 0 Å². The van der Waals surface area contributed by atoms with Gasteiger partial charge in [-0.3, -0.25) is 19.6 Å². The lowest BCUT2D eigenvalue weighted by Gasteiger charge is -2.46. The van der Waals surface area contributed by atoms with Crippen LogP contribution in [-0.2, 0) is 28.9 Å². The summed E-state index contributed by atoms with van der Waals surface area (Å²) in [6, 6.07) is 7.40. The van der Waals surface area contributed by atoms with Gasteiger partial charge in [0.1, 0.15) is 17.5 Å². The number of piperidine rings is 1. The number of amides is 2. The van der Waals surface area contributed by atoms with Gasteiger partial charge in [-0.2, -0.15) is 0 Å². The first-order valence-corrected chi connectivity index (χ1v) is 17.1. The van der Waals surface area contributed by atoms with Crippen LogP contribution in [0, 0.1) is 12.8 Å². The largest absolute Gasteiger partial charge is 0.444 e. The average molecular weight is 698 g/mol. The van der Waals surface area contributed by atoms with E-state index in [4.69, 9.17) is 21.3 Å². The molecule has 9 nitrogen and oxygen atoms in total. The average Bonchev–Trinajstić information content (AvgIpc) is 3.32. The summed E-state index contributed by atoms with van der Waals surface area (Å²) in [5, 5.41) is 0.709. The summed E-state index contributed by atoms with van der Waals surface area (Å²) in [6.45, 7) is 11.1. The first-order chi connectivity index (χ1) is 21.5. The maximum atomic E-state index is 14.5. The second-order valence-electron chi connectivity index (χ2n) is 13.5. The molecule has 45 heavy (non-hydrogen) atoms. The standard InChI is InChI=1S/C34H42BrClN6O3/c1-22-37-11-13-39(22)19-23-6-5-12-41(20-23)32(43)29-21-40(14-15-42(29)33(44)45-34(2,3)4)31-28-10-9-27(36)17-24(28)7-8-25-16-26(35)18-38-30(25)31/h9-11,13,16-18,23,29,31H,5-8,12,14-15,19-21H2,1-4H3/t23-,29-,31?/m1/s1. The summed E-state index contributed by atoms with van der Waals surface area (Å²) in [7, 11) is 0. The van der Waals surface area contributed by atoms with Crippen molar-refractivity contribution in [1.82, 2.24) is 29.2 Å². The van der Waals surface area contributed by atoms with Crippen molar-refractivity contribution in [2.24, 2.45) is 5.92 Å². The summed E-state index contributed by atoms with van der Waals surface area (Å²) in [4.78, 5) is 43.4. The van der Waals surface area contributed by atoms with E-state index in [-0.39, 0.29) is 11.9 Å². The topological polar surface area (TPSA) is 83.8 Å². The Morgan fingerprint density at radius 2 is 1.87 bits per heavy atom. The Hall–Kier alpha value is -2.95. The van der Waals surface area contributed by atoms with Crippen molar-refractivity contribution in [3.05, 3.63) is 80.6 Å². The molecule has 0 saturated carbocycles. The van der Waals surface area contributed by atoms with E-state index in [1.54, 1.807) is 4.90 Å². The Morgan fingerprint density at radius 1 is 1.07 bits per heavy atom. The second kappa shape index (κ2) is 13.0. The predicted octanol–water partition coefficient (Wildman–Crippen LogP) is 6.05. The number of piperazine rings is 1. The Balaban J connectivity index is 1.32. The van der Waals surface area contributed by atoms with Gasteiger partial charge in [0.25, 0.3) is 0 Å². The van der Waals surface area contributed by atoms with E-state index in [9.17, 15) is 9.59 Å². The van der Waals surface area contributed by atoms with Gasteiger partial charge in [-0.1, -0.05) is 17.7 Å². The fourth-order valence-corrected chi connectivity index (χ4v) is 7.64. The molecule has 3 atom stereocenters. The van der Waals surface area contributed by atoms with E-state index in [2.05, 4.69) is 48.6 Å². The Kier molecular flexibility index (Phi) is 9.28. The first kappa shape index (κ1) is 32.0. The molecule has 240 valence electrons. The van der Waals surface area contributed by atoms with Gasteiger partial charge in [0, 0.05) is 67.4 Å². The molecule has 2 aromatic heterocycles. The van der Waals surface area contributed by atoms with Gasteiger partial charge in [0.05, 0.1) is 11.7 Å². The van der Waals surface area contributed by atoms with E-state index >= 15 is 0 Å². The van der Waals surface area contributed by atoms with E-state index in [0.29, 0.717) is 43.7 Å². The molecule has 3 aromatic rings. The normalized spacial score (nSPS) is 22.4. The lowest BCUT2D eigenvalue weighted by Crippen LogP contribution is -2.63. The van der Waals surface area contributed by atoms with Crippen LogP contribution in [-0.4, -0.2) is 85.6 Å². The molecule has 1 unspecified atom stereocenters. The molecular weight excluding hydrogens is 656 g/mol. The number of imidazole rings is 1. The quantitative estimate of drug-likeness (QED) is 0.330. The van der Waals surface area contributed by atoms with Crippen LogP contribution in [0.25, 0.3) is 0 Å². The predicted molar refractivity (Wildman–Crippen MR) is 177 cm³/mol. The van der Waals surface area contributed by atoms with E-state index in [0.717, 1.165) is 53.8 Å². The molecular formula is C34H42BrClN6O3. The summed E-state index contributed by atoms with van der Waals surface area (Å²) >= 11 is 10.1. The van der Waals surface area contributed by atoms with Crippen molar-refractivity contribution in [1.29, 1.82) is 0 Å². The number of hydrogen-bond donors (Lipinski definition) is 0. The molecule has 2 saturated heterocycles. The molecule has 2 aliphatic heterocycles. The molecule has 0 bridgehead atoms. The Bertz CT molecular complexity index is 1520. The highest BCUT2D eigenvalue weighted by atomic mass is 79.9. The van der Waals surface area contributed by atoms with Crippen molar-refractivity contribution in [3.63, 3.8) is 0 Å². The van der Waals surface area contributed by atoms with Gasteiger partial charge < -0.3 is 14.2 Å². The number of pyridine rings is 1. The summed E-state index contributed by atoms with van der Waals surface area (Å²) < 4.78 is 8.95. The Labute approximate surface area is 279 Å². The van der Waals surface area contributed by atoms with Gasteiger partial charge >= 0.3 is 6.09 Å². The highest BCUT2D eigenvalue weighted by Crippen LogP contribution is 2.39. The van der Waals surface area contributed by atoms with Crippen molar-refractivity contribution < 1.29 is 14.3 Å². The zero-order valence-corrected chi connectivity index (χ0v) is 28.9. The van der Waals surface area contributed by atoms with Crippen LogP contribution in [0.5, 0.6) is 0 Å². The number of likely N-dealkylation sites (tertiary alicyclic amines) is 1. The van der Waals surface area contributed by atoms with Crippen LogP contribution in [0.2, 0.25) is 5.02 Å². The highest BCUT2D eigenvalue weighted by molar-refractivity contribution is 9.10. The van der Waals surface area contributed by atoms with Gasteiger partial charge in [-0.25, -0.2) is 9.78 Å². The Morgan fingerprint density at radius 3 is 2.62 bits per heavy atom. The van der Waals surface area contributed by atoms with Crippen LogP contribution in [0.1, 0.15) is 67.9 Å². The third-order valence-electron chi connectivity index (χ3n) is 9.19. The fourth-order valence-electron chi connectivity index (χ4n) is 7.07. The summed E-state index contributed by atoms with van der Waals surface area (Å²) in [6.07, 6.45) is 8.90. The number of aromatic nitrogens is 3. The highest BCUT2D eigenvalue weighted by Gasteiger charge is 2.43. The van der Waals surface area contributed by atoms with Crippen molar-refractivity contribution in [2.75, 3.05) is 32.7 Å². The molecule has 0 spiro atoms. The lowest BCUT2D eigenvalue weighted by molar-refractivity contribution is -0.141. The molecule has 1 aromatic carbocycles. The van der Waals surface area contributed by atoms with Gasteiger partial charge in [0.15, 0.2) is 0 Å². The zero-order valence-electron chi connectivity index (χ0n) is 26.5. The van der Waals surface area contributed by atoms with Crippen molar-refractivity contribution in [3.8, 4) is 0 Å². The van der Waals surface area contributed by atoms with E-state index in [1.165, 1.54) is 11.1 Å². The number of ether oxygens (including phenoxy) is 1. The number of nitrogens with zero attached hydrogens (tertiary/aromatic N) is 6. The molecule has 2 amide bonds. The van der Waals surface area contributed by atoms with Crippen LogP contribution in [0.3, 0.4) is 0 Å². The first-order valence-electron chi connectivity index (χ1n) is 15.9. The number of rotatable bonds is 4.